The second-order valence-corrected chi connectivity index (χ2v) is 3.10. The second kappa shape index (κ2) is 2.76. The molecular formula is C10H10O3. The molecule has 0 bridgehead atoms. The molecule has 1 aliphatic rings. The summed E-state index contributed by atoms with van der Waals surface area (Å²) in [5, 5.41) is 9.39. The van der Waals surface area contributed by atoms with Gasteiger partial charge >= 0.3 is 0 Å². The molecule has 0 saturated heterocycles. The van der Waals surface area contributed by atoms with Gasteiger partial charge in [-0.25, -0.2) is 0 Å². The van der Waals surface area contributed by atoms with E-state index >= 15 is 0 Å². The van der Waals surface area contributed by atoms with Gasteiger partial charge in [0.05, 0.1) is 12.2 Å². The van der Waals surface area contributed by atoms with Gasteiger partial charge < -0.3 is 9.84 Å². The first-order valence-electron chi connectivity index (χ1n) is 4.18. The maximum Gasteiger partial charge on any atom is 0.170 e. The number of hydrogen-bond acceptors (Lipinski definition) is 3. The van der Waals surface area contributed by atoms with Gasteiger partial charge in [0.1, 0.15) is 11.5 Å². The fourth-order valence-corrected chi connectivity index (χ4v) is 1.52. The van der Waals surface area contributed by atoms with E-state index in [1.54, 1.807) is 19.1 Å². The summed E-state index contributed by atoms with van der Waals surface area (Å²) < 4.78 is 5.30. The van der Waals surface area contributed by atoms with Gasteiger partial charge in [-0.1, -0.05) is 0 Å². The predicted molar refractivity (Wildman–Crippen MR) is 47.3 cm³/mol. The van der Waals surface area contributed by atoms with E-state index in [1.165, 1.54) is 0 Å². The fourth-order valence-electron chi connectivity index (χ4n) is 1.52. The second-order valence-electron chi connectivity index (χ2n) is 3.10. The topological polar surface area (TPSA) is 46.5 Å². The highest BCUT2D eigenvalue weighted by Gasteiger charge is 2.21. The van der Waals surface area contributed by atoms with E-state index in [4.69, 9.17) is 4.74 Å². The molecule has 0 fully saturated rings. The molecular weight excluding hydrogens is 168 g/mol. The van der Waals surface area contributed by atoms with Gasteiger partial charge in [-0.05, 0) is 19.1 Å². The molecule has 0 radical (unpaired) electrons. The summed E-state index contributed by atoms with van der Waals surface area (Å²) in [7, 11) is 0. The summed E-state index contributed by atoms with van der Waals surface area (Å²) in [6.07, 6.45) is 0.400. The molecule has 1 heterocycles. The van der Waals surface area contributed by atoms with Crippen LogP contribution >= 0.6 is 0 Å². The Balaban J connectivity index is 2.65. The quantitative estimate of drug-likeness (QED) is 0.657. The molecule has 1 aliphatic heterocycles. The molecule has 1 aromatic carbocycles. The molecule has 0 unspecified atom stereocenters. The molecule has 13 heavy (non-hydrogen) atoms. The average molecular weight is 178 g/mol. The molecule has 1 N–H and O–H groups in total. The highest BCUT2D eigenvalue weighted by molar-refractivity contribution is 6.01. The van der Waals surface area contributed by atoms with Crippen LogP contribution in [-0.4, -0.2) is 17.5 Å². The monoisotopic (exact) mass is 178 g/mol. The number of ketones is 1. The Kier molecular flexibility index (Phi) is 1.72. The molecule has 2 rings (SSSR count). The van der Waals surface area contributed by atoms with Gasteiger partial charge in [0, 0.05) is 12.0 Å². The van der Waals surface area contributed by atoms with E-state index in [0.29, 0.717) is 29.9 Å². The van der Waals surface area contributed by atoms with E-state index in [-0.39, 0.29) is 11.5 Å². The maximum atomic E-state index is 11.5. The highest BCUT2D eigenvalue weighted by atomic mass is 16.5. The van der Waals surface area contributed by atoms with Gasteiger partial charge in [-0.2, -0.15) is 0 Å². The lowest BCUT2D eigenvalue weighted by atomic mass is 9.99. The number of hydrogen-bond donors (Lipinski definition) is 1. The summed E-state index contributed by atoms with van der Waals surface area (Å²) >= 11 is 0. The Hall–Kier alpha value is -1.51. The Bertz CT molecular complexity index is 369. The lowest BCUT2D eigenvalue weighted by Crippen LogP contribution is -2.16. The third-order valence-electron chi connectivity index (χ3n) is 2.26. The molecule has 0 spiro atoms. The van der Waals surface area contributed by atoms with Crippen LogP contribution in [0.4, 0.5) is 0 Å². The number of carbonyl (C=O) groups is 1. The number of phenols is 1. The largest absolute Gasteiger partial charge is 0.508 e. The Morgan fingerprint density at radius 2 is 2.23 bits per heavy atom. The van der Waals surface area contributed by atoms with Gasteiger partial charge in [0.15, 0.2) is 5.78 Å². The van der Waals surface area contributed by atoms with E-state index < -0.39 is 0 Å². The molecule has 68 valence electrons. The van der Waals surface area contributed by atoms with Gasteiger partial charge in [0.2, 0.25) is 0 Å². The standard InChI is InChI=1S/C10H10O3/c1-6-7(11)2-3-9-10(6)8(12)4-5-13-9/h2-3,11H,4-5H2,1H3. The van der Waals surface area contributed by atoms with Crippen LogP contribution in [0.2, 0.25) is 0 Å². The number of ether oxygens (including phenoxy) is 1. The zero-order valence-electron chi connectivity index (χ0n) is 7.33. The third-order valence-corrected chi connectivity index (χ3v) is 2.26. The van der Waals surface area contributed by atoms with Crippen molar-refractivity contribution in [1.29, 1.82) is 0 Å². The lowest BCUT2D eigenvalue weighted by Gasteiger charge is -2.18. The van der Waals surface area contributed by atoms with Crippen molar-refractivity contribution in [2.75, 3.05) is 6.61 Å². The summed E-state index contributed by atoms with van der Waals surface area (Å²) in [4.78, 5) is 11.5. The summed E-state index contributed by atoms with van der Waals surface area (Å²) in [6, 6.07) is 3.18. The van der Waals surface area contributed by atoms with Gasteiger partial charge in [-0.15, -0.1) is 0 Å². The normalized spacial score (nSPS) is 15.0. The van der Waals surface area contributed by atoms with E-state index in [1.807, 2.05) is 0 Å². The first-order chi connectivity index (χ1) is 6.20. The molecule has 0 saturated carbocycles. The summed E-state index contributed by atoms with van der Waals surface area (Å²) in [6.45, 7) is 2.16. The van der Waals surface area contributed by atoms with Crippen LogP contribution < -0.4 is 4.74 Å². The Morgan fingerprint density at radius 1 is 1.46 bits per heavy atom. The van der Waals surface area contributed by atoms with E-state index in [2.05, 4.69) is 0 Å². The Labute approximate surface area is 76.0 Å². The van der Waals surface area contributed by atoms with Crippen LogP contribution in [0.15, 0.2) is 12.1 Å². The predicted octanol–water partition coefficient (Wildman–Crippen LogP) is 1.67. The van der Waals surface area contributed by atoms with Crippen molar-refractivity contribution in [2.24, 2.45) is 0 Å². The van der Waals surface area contributed by atoms with Crippen molar-refractivity contribution in [3.8, 4) is 11.5 Å². The minimum atomic E-state index is 0.0506. The van der Waals surface area contributed by atoms with Gasteiger partial charge in [-0.3, -0.25) is 4.79 Å². The molecule has 1 aromatic rings. The number of benzene rings is 1. The maximum absolute atomic E-state index is 11.5. The van der Waals surface area contributed by atoms with Crippen LogP contribution in [0, 0.1) is 6.92 Å². The van der Waals surface area contributed by atoms with Crippen molar-refractivity contribution in [2.45, 2.75) is 13.3 Å². The fraction of sp³-hybridized carbons (Fsp3) is 0.300. The van der Waals surface area contributed by atoms with Crippen LogP contribution in [0.25, 0.3) is 0 Å². The zero-order valence-corrected chi connectivity index (χ0v) is 7.33. The van der Waals surface area contributed by atoms with Crippen LogP contribution in [-0.2, 0) is 0 Å². The van der Waals surface area contributed by atoms with Crippen molar-refractivity contribution in [1.82, 2.24) is 0 Å². The molecule has 0 amide bonds. The number of Topliss-reactive ketones (excluding diaryl/α,β-unsaturated/α-hetero) is 1. The number of fused-ring (bicyclic) bond motifs is 1. The summed E-state index contributed by atoms with van der Waals surface area (Å²) in [5.74, 6) is 0.791. The molecule has 0 aromatic heterocycles. The first kappa shape index (κ1) is 8.10. The average Bonchev–Trinajstić information content (AvgIpc) is 2.12. The molecule has 0 aliphatic carbocycles. The molecule has 3 heteroatoms. The summed E-state index contributed by atoms with van der Waals surface area (Å²) in [5.41, 5.74) is 1.15. The zero-order chi connectivity index (χ0) is 9.42. The van der Waals surface area contributed by atoms with E-state index in [9.17, 15) is 9.90 Å². The lowest BCUT2D eigenvalue weighted by molar-refractivity contribution is 0.0932. The highest BCUT2D eigenvalue weighted by Crippen LogP contribution is 2.32. The van der Waals surface area contributed by atoms with Crippen LogP contribution in [0.1, 0.15) is 22.3 Å². The minimum Gasteiger partial charge on any atom is -0.508 e. The SMILES string of the molecule is Cc1c(O)ccc2c1C(=O)CCO2. The first-order valence-corrected chi connectivity index (χ1v) is 4.18. The van der Waals surface area contributed by atoms with Crippen molar-refractivity contribution in [3.05, 3.63) is 23.3 Å². The van der Waals surface area contributed by atoms with Crippen molar-refractivity contribution < 1.29 is 14.6 Å². The number of aromatic hydroxyl groups is 1. The smallest absolute Gasteiger partial charge is 0.170 e. The number of carbonyl (C=O) groups excluding carboxylic acids is 1. The van der Waals surface area contributed by atoms with Crippen LogP contribution in [0.5, 0.6) is 11.5 Å². The molecule has 3 nitrogen and oxygen atoms in total. The van der Waals surface area contributed by atoms with Gasteiger partial charge in [0.25, 0.3) is 0 Å². The number of rotatable bonds is 0. The van der Waals surface area contributed by atoms with Crippen molar-refractivity contribution >= 4 is 5.78 Å². The number of phenolic OH excluding ortho intramolecular Hbond substituents is 1. The van der Waals surface area contributed by atoms with E-state index in [0.717, 1.165) is 0 Å². The third kappa shape index (κ3) is 1.16. The van der Waals surface area contributed by atoms with Crippen molar-refractivity contribution in [3.63, 3.8) is 0 Å². The van der Waals surface area contributed by atoms with Crippen LogP contribution in [0.3, 0.4) is 0 Å². The minimum absolute atomic E-state index is 0.0506. The molecule has 0 atom stereocenters. The Morgan fingerprint density at radius 3 is 3.00 bits per heavy atom.